The Kier molecular flexibility index (Phi) is 4.07. The number of carbonyl (C=O) groups is 1. The number of aryl methyl sites for hydroxylation is 1. The van der Waals surface area contributed by atoms with Crippen molar-refractivity contribution in [2.24, 2.45) is 0 Å². The molecule has 2 aromatic heterocycles. The van der Waals surface area contributed by atoms with Crippen molar-refractivity contribution in [2.45, 2.75) is 13.5 Å². The van der Waals surface area contributed by atoms with Gasteiger partial charge in [0.05, 0.1) is 11.3 Å². The fourth-order valence-electron chi connectivity index (χ4n) is 2.66. The average molecular weight is 348 g/mol. The topological polar surface area (TPSA) is 55.0 Å². The highest BCUT2D eigenvalue weighted by Crippen LogP contribution is 2.25. The first-order valence-electron chi connectivity index (χ1n) is 7.95. The van der Waals surface area contributed by atoms with Gasteiger partial charge in [-0.25, -0.2) is 9.78 Å². The van der Waals surface area contributed by atoms with E-state index < -0.39 is 0 Å². The van der Waals surface area contributed by atoms with Crippen molar-refractivity contribution in [1.29, 1.82) is 0 Å². The lowest BCUT2D eigenvalue weighted by Gasteiger charge is -2.02. The number of rotatable bonds is 4. The number of H-pyrrole nitrogens is 1. The third-order valence-corrected chi connectivity index (χ3v) is 4.95. The molecular weight excluding hydrogens is 332 g/mol. The van der Waals surface area contributed by atoms with Crippen LogP contribution in [-0.4, -0.2) is 15.9 Å². The van der Waals surface area contributed by atoms with Crippen LogP contribution in [-0.2, 0) is 11.3 Å². The molecule has 0 aliphatic carbocycles. The number of carbonyl (C=O) groups excluding carboxylic acids is 1. The van der Waals surface area contributed by atoms with Gasteiger partial charge in [-0.05, 0) is 13.0 Å². The maximum atomic E-state index is 12.3. The Morgan fingerprint density at radius 3 is 2.80 bits per heavy atom. The predicted molar refractivity (Wildman–Crippen MR) is 99.7 cm³/mol. The number of hydrogen-bond donors (Lipinski definition) is 1. The van der Waals surface area contributed by atoms with Crippen LogP contribution in [0.1, 0.15) is 21.6 Å². The average Bonchev–Trinajstić information content (AvgIpc) is 3.27. The van der Waals surface area contributed by atoms with Crippen molar-refractivity contribution in [1.82, 2.24) is 9.97 Å². The smallest absolute Gasteiger partial charge is 0.340 e. The van der Waals surface area contributed by atoms with Crippen LogP contribution in [0.15, 0.2) is 60.1 Å². The number of ether oxygens (including phenoxy) is 1. The van der Waals surface area contributed by atoms with Crippen LogP contribution in [0.2, 0.25) is 0 Å². The van der Waals surface area contributed by atoms with E-state index in [0.717, 1.165) is 27.2 Å². The van der Waals surface area contributed by atoms with Crippen LogP contribution in [0.4, 0.5) is 0 Å². The van der Waals surface area contributed by atoms with Gasteiger partial charge in [0.25, 0.3) is 0 Å². The number of nitrogens with zero attached hydrogens (tertiary/aromatic N) is 1. The number of esters is 1. The molecule has 4 aromatic rings. The van der Waals surface area contributed by atoms with Gasteiger partial charge in [0.15, 0.2) is 0 Å². The van der Waals surface area contributed by atoms with Gasteiger partial charge < -0.3 is 9.72 Å². The summed E-state index contributed by atoms with van der Waals surface area (Å²) in [5, 5.41) is 3.72. The monoisotopic (exact) mass is 348 g/mol. The Balaban J connectivity index is 1.46. The Hall–Kier alpha value is -2.92. The van der Waals surface area contributed by atoms with Crippen LogP contribution in [0.5, 0.6) is 0 Å². The number of aromatic nitrogens is 2. The molecule has 5 heteroatoms. The first-order valence-corrected chi connectivity index (χ1v) is 8.83. The van der Waals surface area contributed by atoms with Crippen LogP contribution in [0, 0.1) is 6.92 Å². The molecule has 0 aliphatic heterocycles. The van der Waals surface area contributed by atoms with Gasteiger partial charge in [-0.2, -0.15) is 0 Å². The molecule has 2 aromatic carbocycles. The lowest BCUT2D eigenvalue weighted by molar-refractivity contribution is 0.0471. The molecule has 4 rings (SSSR count). The number of hydrogen-bond acceptors (Lipinski definition) is 4. The van der Waals surface area contributed by atoms with E-state index in [9.17, 15) is 4.79 Å². The van der Waals surface area contributed by atoms with Crippen LogP contribution < -0.4 is 0 Å². The molecule has 0 radical (unpaired) electrons. The Morgan fingerprint density at radius 2 is 1.96 bits per heavy atom. The molecule has 124 valence electrons. The van der Waals surface area contributed by atoms with E-state index in [1.165, 1.54) is 5.56 Å². The highest BCUT2D eigenvalue weighted by molar-refractivity contribution is 7.13. The standard InChI is InChI=1S/C20H16N2O2S/c1-13-6-8-14(9-7-13)19-22-15(12-25-19)11-24-20(23)17-10-21-18-5-3-2-4-16(17)18/h2-10,12,21H,11H2,1H3. The molecule has 0 fully saturated rings. The van der Waals surface area contributed by atoms with Crippen molar-refractivity contribution >= 4 is 28.2 Å². The number of para-hydroxylation sites is 1. The summed E-state index contributed by atoms with van der Waals surface area (Å²) in [7, 11) is 0. The zero-order chi connectivity index (χ0) is 17.2. The lowest BCUT2D eigenvalue weighted by Crippen LogP contribution is -2.04. The number of nitrogens with one attached hydrogen (secondary N) is 1. The van der Waals surface area contributed by atoms with E-state index in [2.05, 4.69) is 41.2 Å². The van der Waals surface area contributed by atoms with Gasteiger partial charge in [0, 0.05) is 28.0 Å². The fraction of sp³-hybridized carbons (Fsp3) is 0.100. The minimum atomic E-state index is -0.345. The van der Waals surface area contributed by atoms with Gasteiger partial charge in [0.1, 0.15) is 11.6 Å². The number of benzene rings is 2. The zero-order valence-corrected chi connectivity index (χ0v) is 14.5. The SMILES string of the molecule is Cc1ccc(-c2nc(COC(=O)c3c[nH]c4ccccc34)cs2)cc1. The minimum Gasteiger partial charge on any atom is -0.455 e. The highest BCUT2D eigenvalue weighted by atomic mass is 32.1. The number of fused-ring (bicyclic) bond motifs is 1. The van der Waals surface area contributed by atoms with E-state index in [1.54, 1.807) is 17.5 Å². The molecule has 0 saturated heterocycles. The second kappa shape index (κ2) is 6.53. The maximum absolute atomic E-state index is 12.3. The molecular formula is C20H16N2O2S. The molecule has 0 spiro atoms. The first-order chi connectivity index (χ1) is 12.2. The summed E-state index contributed by atoms with van der Waals surface area (Å²) < 4.78 is 5.43. The summed E-state index contributed by atoms with van der Waals surface area (Å²) in [6.45, 7) is 2.22. The molecule has 0 bridgehead atoms. The van der Waals surface area contributed by atoms with E-state index in [1.807, 2.05) is 29.6 Å². The van der Waals surface area contributed by atoms with Crippen LogP contribution in [0.3, 0.4) is 0 Å². The zero-order valence-electron chi connectivity index (χ0n) is 13.7. The molecule has 1 N–H and O–H groups in total. The second-order valence-corrected chi connectivity index (χ2v) is 6.69. The quantitative estimate of drug-likeness (QED) is 0.531. The molecule has 0 amide bonds. The number of thiazole rings is 1. The second-order valence-electron chi connectivity index (χ2n) is 5.83. The van der Waals surface area contributed by atoms with E-state index in [-0.39, 0.29) is 12.6 Å². The van der Waals surface area contributed by atoms with Crippen molar-refractivity contribution in [3.63, 3.8) is 0 Å². The molecule has 0 saturated carbocycles. The van der Waals surface area contributed by atoms with Gasteiger partial charge in [-0.15, -0.1) is 11.3 Å². The Labute approximate surface area is 149 Å². The summed E-state index contributed by atoms with van der Waals surface area (Å²) in [6.07, 6.45) is 1.69. The van der Waals surface area contributed by atoms with Crippen LogP contribution in [0.25, 0.3) is 21.5 Å². The maximum Gasteiger partial charge on any atom is 0.340 e. The Bertz CT molecular complexity index is 1030. The molecule has 0 unspecified atom stereocenters. The highest BCUT2D eigenvalue weighted by Gasteiger charge is 2.14. The van der Waals surface area contributed by atoms with Crippen LogP contribution >= 0.6 is 11.3 Å². The van der Waals surface area contributed by atoms with E-state index >= 15 is 0 Å². The molecule has 2 heterocycles. The molecule has 0 atom stereocenters. The van der Waals surface area contributed by atoms with Crippen molar-refractivity contribution < 1.29 is 9.53 Å². The lowest BCUT2D eigenvalue weighted by atomic mass is 10.2. The third-order valence-electron chi connectivity index (χ3n) is 4.01. The summed E-state index contributed by atoms with van der Waals surface area (Å²) in [5.74, 6) is -0.345. The predicted octanol–water partition coefficient (Wildman–Crippen LogP) is 4.96. The fourth-order valence-corrected chi connectivity index (χ4v) is 3.47. The first kappa shape index (κ1) is 15.6. The largest absolute Gasteiger partial charge is 0.455 e. The third kappa shape index (κ3) is 3.19. The van der Waals surface area contributed by atoms with Gasteiger partial charge >= 0.3 is 5.97 Å². The Morgan fingerprint density at radius 1 is 1.16 bits per heavy atom. The molecule has 0 aliphatic rings. The van der Waals surface area contributed by atoms with Crippen molar-refractivity contribution in [2.75, 3.05) is 0 Å². The summed E-state index contributed by atoms with van der Waals surface area (Å²) in [5.41, 5.74) is 4.51. The normalized spacial score (nSPS) is 10.9. The van der Waals surface area contributed by atoms with Crippen molar-refractivity contribution in [3.8, 4) is 10.6 Å². The summed E-state index contributed by atoms with van der Waals surface area (Å²) >= 11 is 1.55. The summed E-state index contributed by atoms with van der Waals surface area (Å²) in [4.78, 5) is 20.0. The van der Waals surface area contributed by atoms with Crippen molar-refractivity contribution in [3.05, 3.63) is 76.9 Å². The molecule has 25 heavy (non-hydrogen) atoms. The number of aromatic amines is 1. The summed E-state index contributed by atoms with van der Waals surface area (Å²) in [6, 6.07) is 15.9. The van der Waals surface area contributed by atoms with E-state index in [4.69, 9.17) is 4.74 Å². The van der Waals surface area contributed by atoms with E-state index in [0.29, 0.717) is 5.56 Å². The van der Waals surface area contributed by atoms with Gasteiger partial charge in [0.2, 0.25) is 0 Å². The van der Waals surface area contributed by atoms with Gasteiger partial charge in [-0.3, -0.25) is 0 Å². The van der Waals surface area contributed by atoms with Gasteiger partial charge in [-0.1, -0.05) is 48.0 Å². The molecule has 4 nitrogen and oxygen atoms in total. The minimum absolute atomic E-state index is 0.167.